The lowest BCUT2D eigenvalue weighted by atomic mass is 10.1. The molecule has 0 unspecified atom stereocenters. The molecule has 3 heterocycles. The molecule has 1 aliphatic heterocycles. The van der Waals surface area contributed by atoms with E-state index in [0.29, 0.717) is 18.1 Å². The fourth-order valence-corrected chi connectivity index (χ4v) is 4.41. The van der Waals surface area contributed by atoms with Crippen molar-refractivity contribution in [1.82, 2.24) is 14.5 Å². The van der Waals surface area contributed by atoms with Gasteiger partial charge in [0.15, 0.2) is 0 Å². The first-order valence-corrected chi connectivity index (χ1v) is 14.2. The van der Waals surface area contributed by atoms with Crippen molar-refractivity contribution >= 4 is 40.8 Å². The SMILES string of the molecule is C#C.CCCCCCCCOC(=O)O.Nc1nc(Cl)nc2c1ccn2[C@H]1CC[C@@H](COC(=O)OCc2ccccc2)O1. The Morgan fingerprint density at radius 3 is 2.48 bits per heavy atom. The molecule has 42 heavy (non-hydrogen) atoms. The summed E-state index contributed by atoms with van der Waals surface area (Å²) in [6, 6.07) is 11.2. The molecular weight excluding hydrogens is 564 g/mol. The van der Waals surface area contributed by atoms with Gasteiger partial charge >= 0.3 is 12.3 Å². The number of rotatable bonds is 12. The Balaban J connectivity index is 0.000000374. The number of benzene rings is 1. The van der Waals surface area contributed by atoms with Crippen LogP contribution in [0.1, 0.15) is 70.1 Å². The molecular formula is C30H39ClN4O7. The number of terminal acetylenes is 1. The van der Waals surface area contributed by atoms with E-state index in [4.69, 9.17) is 36.7 Å². The zero-order valence-electron chi connectivity index (χ0n) is 23.8. The molecule has 3 aromatic rings. The van der Waals surface area contributed by atoms with Crippen LogP contribution in [0.2, 0.25) is 5.28 Å². The van der Waals surface area contributed by atoms with Crippen molar-refractivity contribution in [3.05, 3.63) is 53.4 Å². The van der Waals surface area contributed by atoms with Crippen LogP contribution in [-0.2, 0) is 25.6 Å². The molecule has 0 saturated carbocycles. The van der Waals surface area contributed by atoms with E-state index in [-0.39, 0.29) is 30.8 Å². The van der Waals surface area contributed by atoms with Gasteiger partial charge in [-0.2, -0.15) is 4.98 Å². The van der Waals surface area contributed by atoms with Crippen LogP contribution in [0.4, 0.5) is 15.4 Å². The van der Waals surface area contributed by atoms with E-state index in [2.05, 4.69) is 34.5 Å². The summed E-state index contributed by atoms with van der Waals surface area (Å²) in [7, 11) is 0. The Kier molecular flexibility index (Phi) is 15.6. The number of nitrogens with two attached hydrogens (primary N) is 1. The largest absolute Gasteiger partial charge is 0.508 e. The quantitative estimate of drug-likeness (QED) is 0.0961. The number of carbonyl (C=O) groups is 2. The maximum atomic E-state index is 11.8. The average Bonchev–Trinajstić information content (AvgIpc) is 3.63. The van der Waals surface area contributed by atoms with Gasteiger partial charge in [0.05, 0.1) is 18.1 Å². The Hall–Kier alpha value is -4.01. The highest BCUT2D eigenvalue weighted by Crippen LogP contribution is 2.32. The van der Waals surface area contributed by atoms with E-state index >= 15 is 0 Å². The summed E-state index contributed by atoms with van der Waals surface area (Å²) < 4.78 is 22.5. The topological polar surface area (TPSA) is 148 Å². The smallest absolute Gasteiger partial charge is 0.450 e. The Labute approximate surface area is 251 Å². The molecule has 1 fully saturated rings. The normalized spacial score (nSPS) is 15.5. The molecule has 2 aromatic heterocycles. The highest BCUT2D eigenvalue weighted by Gasteiger charge is 2.29. The molecule has 0 radical (unpaired) electrons. The zero-order valence-corrected chi connectivity index (χ0v) is 24.6. The summed E-state index contributed by atoms with van der Waals surface area (Å²) in [6.07, 6.45) is 15.9. The van der Waals surface area contributed by atoms with E-state index in [1.54, 1.807) is 0 Å². The molecule has 2 atom stereocenters. The van der Waals surface area contributed by atoms with Crippen LogP contribution < -0.4 is 5.73 Å². The third-order valence-corrected chi connectivity index (χ3v) is 6.45. The number of fused-ring (bicyclic) bond motifs is 1. The molecule has 0 amide bonds. The second-order valence-corrected chi connectivity index (χ2v) is 9.68. The van der Waals surface area contributed by atoms with Crippen LogP contribution in [0, 0.1) is 12.8 Å². The number of carboxylic acid groups (broad SMARTS) is 1. The van der Waals surface area contributed by atoms with Gasteiger partial charge in [-0.25, -0.2) is 14.6 Å². The number of hydrogen-bond acceptors (Lipinski definition) is 9. The number of unbranched alkanes of at least 4 members (excludes halogenated alkanes) is 5. The number of carbonyl (C=O) groups excluding carboxylic acids is 1. The maximum Gasteiger partial charge on any atom is 0.508 e. The molecule has 0 spiro atoms. The minimum Gasteiger partial charge on any atom is -0.450 e. The van der Waals surface area contributed by atoms with E-state index in [1.807, 2.05) is 47.2 Å². The Morgan fingerprint density at radius 2 is 1.76 bits per heavy atom. The van der Waals surface area contributed by atoms with Crippen LogP contribution in [0.3, 0.4) is 0 Å². The third-order valence-electron chi connectivity index (χ3n) is 6.28. The van der Waals surface area contributed by atoms with Crippen molar-refractivity contribution in [1.29, 1.82) is 0 Å². The summed E-state index contributed by atoms with van der Waals surface area (Å²) >= 11 is 5.92. The number of aromatic nitrogens is 3. The van der Waals surface area contributed by atoms with Crippen molar-refractivity contribution in [3.8, 4) is 12.8 Å². The maximum absolute atomic E-state index is 11.8. The lowest BCUT2D eigenvalue weighted by molar-refractivity contribution is -0.0379. The van der Waals surface area contributed by atoms with Gasteiger partial charge in [0.2, 0.25) is 5.28 Å². The lowest BCUT2D eigenvalue weighted by Crippen LogP contribution is -2.20. The zero-order chi connectivity index (χ0) is 30.7. The number of nitrogens with zero attached hydrogens (tertiary/aromatic N) is 3. The first-order chi connectivity index (χ1) is 20.4. The number of halogens is 1. The molecule has 0 aliphatic carbocycles. The Bertz CT molecular complexity index is 1250. The van der Waals surface area contributed by atoms with Crippen molar-refractivity contribution in [2.45, 2.75) is 77.2 Å². The van der Waals surface area contributed by atoms with Gasteiger partial charge in [0, 0.05) is 6.20 Å². The highest BCUT2D eigenvalue weighted by atomic mass is 35.5. The summed E-state index contributed by atoms with van der Waals surface area (Å²) in [6.45, 7) is 2.82. The van der Waals surface area contributed by atoms with E-state index in [9.17, 15) is 9.59 Å². The van der Waals surface area contributed by atoms with Gasteiger partial charge in [0.25, 0.3) is 0 Å². The molecule has 12 heteroatoms. The monoisotopic (exact) mass is 602 g/mol. The van der Waals surface area contributed by atoms with Gasteiger partial charge in [-0.05, 0) is 42.5 Å². The van der Waals surface area contributed by atoms with E-state index in [0.717, 1.165) is 36.6 Å². The fraction of sp³-hybridized carbons (Fsp3) is 0.467. The molecule has 3 N–H and O–H groups in total. The third kappa shape index (κ3) is 11.8. The number of anilines is 1. The molecule has 228 valence electrons. The second kappa shape index (κ2) is 19.2. The first-order valence-electron chi connectivity index (χ1n) is 13.8. The average molecular weight is 603 g/mol. The van der Waals surface area contributed by atoms with Gasteiger partial charge in [-0.3, -0.25) is 0 Å². The van der Waals surface area contributed by atoms with Crippen LogP contribution in [0.15, 0.2) is 42.6 Å². The number of hydrogen-bond donors (Lipinski definition) is 2. The summed E-state index contributed by atoms with van der Waals surface area (Å²) in [5, 5.41) is 8.94. The number of ether oxygens (including phenoxy) is 4. The van der Waals surface area contributed by atoms with Crippen LogP contribution >= 0.6 is 11.6 Å². The summed E-state index contributed by atoms with van der Waals surface area (Å²) in [5.41, 5.74) is 7.40. The van der Waals surface area contributed by atoms with Crippen LogP contribution in [0.5, 0.6) is 0 Å². The molecule has 4 rings (SSSR count). The van der Waals surface area contributed by atoms with E-state index < -0.39 is 12.3 Å². The predicted molar refractivity (Wildman–Crippen MR) is 160 cm³/mol. The van der Waals surface area contributed by atoms with Crippen molar-refractivity contribution < 1.29 is 33.6 Å². The van der Waals surface area contributed by atoms with Crippen molar-refractivity contribution in [3.63, 3.8) is 0 Å². The molecule has 1 aromatic carbocycles. The van der Waals surface area contributed by atoms with Crippen molar-refractivity contribution in [2.75, 3.05) is 18.9 Å². The van der Waals surface area contributed by atoms with E-state index in [1.165, 1.54) is 25.7 Å². The minimum absolute atomic E-state index is 0.0870. The van der Waals surface area contributed by atoms with Gasteiger partial charge in [-0.1, -0.05) is 69.4 Å². The second-order valence-electron chi connectivity index (χ2n) is 9.35. The summed E-state index contributed by atoms with van der Waals surface area (Å²) in [5.74, 6) is 0.327. The minimum atomic E-state index is -1.16. The van der Waals surface area contributed by atoms with Gasteiger partial charge < -0.3 is 34.4 Å². The van der Waals surface area contributed by atoms with Crippen molar-refractivity contribution in [2.24, 2.45) is 0 Å². The van der Waals surface area contributed by atoms with Gasteiger partial charge in [0.1, 0.15) is 30.9 Å². The molecule has 0 bridgehead atoms. The summed E-state index contributed by atoms with van der Waals surface area (Å²) in [4.78, 5) is 29.9. The standard InChI is InChI=1S/C19H19ClN4O4.C9H18O3.C2H2/c20-18-22-16(21)14-8-9-24(17(14)23-18)15-7-6-13(28-15)11-27-19(25)26-10-12-4-2-1-3-5-12;1-2-3-4-5-6-7-8-12-9(10)11;1-2/h1-5,8-9,13,15H,6-7,10-11H2,(H2,21,22,23);2-8H2,1H3,(H,10,11);1-2H/t13-,15+;;/m0../s1. The molecule has 1 saturated heterocycles. The molecule has 1 aliphatic rings. The molecule has 11 nitrogen and oxygen atoms in total. The first kappa shape index (κ1) is 34.2. The van der Waals surface area contributed by atoms with Crippen LogP contribution in [-0.4, -0.2) is 51.3 Å². The van der Waals surface area contributed by atoms with Crippen LogP contribution in [0.25, 0.3) is 11.0 Å². The highest BCUT2D eigenvalue weighted by molar-refractivity contribution is 6.28. The number of nitrogen functional groups attached to an aromatic ring is 1. The fourth-order valence-electron chi connectivity index (χ4n) is 4.24. The lowest BCUT2D eigenvalue weighted by Gasteiger charge is -2.16. The Morgan fingerprint density at radius 1 is 1.05 bits per heavy atom. The predicted octanol–water partition coefficient (Wildman–Crippen LogP) is 6.99. The van der Waals surface area contributed by atoms with Gasteiger partial charge in [-0.15, -0.1) is 12.8 Å².